The fourth-order valence-electron chi connectivity index (χ4n) is 3.38. The molecule has 0 fully saturated rings. The van der Waals surface area contributed by atoms with Crippen molar-refractivity contribution in [1.82, 2.24) is 15.0 Å². The average Bonchev–Trinajstić information content (AvgIpc) is 3.18. The van der Waals surface area contributed by atoms with Crippen molar-refractivity contribution in [3.05, 3.63) is 52.3 Å². The van der Waals surface area contributed by atoms with Crippen molar-refractivity contribution in [1.29, 1.82) is 0 Å². The lowest BCUT2D eigenvalue weighted by Crippen LogP contribution is -2.43. The lowest BCUT2D eigenvalue weighted by atomic mass is 10.2. The van der Waals surface area contributed by atoms with Gasteiger partial charge in [-0.3, -0.25) is 0 Å². The Bertz CT molecular complexity index is 1370. The van der Waals surface area contributed by atoms with Gasteiger partial charge in [-0.2, -0.15) is 19.7 Å². The molecule has 0 atom stereocenters. The maximum absolute atomic E-state index is 14.3. The van der Waals surface area contributed by atoms with Gasteiger partial charge in [0, 0.05) is 19.1 Å². The van der Waals surface area contributed by atoms with Gasteiger partial charge in [-0.15, -0.1) is 0 Å². The molecule has 4 aromatic rings. The Kier molecular flexibility index (Phi) is 5.82. The summed E-state index contributed by atoms with van der Waals surface area (Å²) in [5, 5.41) is 37.1. The molecule has 0 aliphatic heterocycles. The van der Waals surface area contributed by atoms with E-state index in [0.29, 0.717) is 26.2 Å². The van der Waals surface area contributed by atoms with Crippen LogP contribution in [0.3, 0.4) is 0 Å². The van der Waals surface area contributed by atoms with Crippen molar-refractivity contribution in [3.63, 3.8) is 0 Å². The predicted molar refractivity (Wildman–Crippen MR) is 115 cm³/mol. The van der Waals surface area contributed by atoms with Gasteiger partial charge in [-0.1, -0.05) is 0 Å². The van der Waals surface area contributed by atoms with Gasteiger partial charge in [-0.25, -0.2) is 19.2 Å². The zero-order valence-electron chi connectivity index (χ0n) is 18.2. The molecule has 0 saturated carbocycles. The topological polar surface area (TPSA) is 132 Å². The number of anilines is 2. The minimum Gasteiger partial charge on any atom is -0.710 e. The van der Waals surface area contributed by atoms with Crippen LogP contribution in [0.5, 0.6) is 5.75 Å². The number of nitrogens with one attached hydrogen (secondary N) is 1. The van der Waals surface area contributed by atoms with Crippen LogP contribution in [0.4, 0.5) is 15.9 Å². The third-order valence-corrected chi connectivity index (χ3v) is 4.88. The van der Waals surface area contributed by atoms with Crippen LogP contribution in [0, 0.1) is 23.2 Å². The zero-order valence-corrected chi connectivity index (χ0v) is 18.2. The van der Waals surface area contributed by atoms with Gasteiger partial charge >= 0.3 is 11.8 Å². The van der Waals surface area contributed by atoms with E-state index >= 15 is 0 Å². The Morgan fingerprint density at radius 2 is 1.82 bits per heavy atom. The number of aromatic nitrogens is 5. The molecule has 172 valence electrons. The summed E-state index contributed by atoms with van der Waals surface area (Å²) >= 11 is 0. The molecule has 0 aliphatic carbocycles. The highest BCUT2D eigenvalue weighted by Gasteiger charge is 2.26. The number of carbonyl (C=O) groups is 1. The van der Waals surface area contributed by atoms with E-state index in [2.05, 4.69) is 15.5 Å². The van der Waals surface area contributed by atoms with Crippen LogP contribution in [0.2, 0.25) is 0 Å². The standard InChI is InChI=1S/C21H21FN6O5/c1-4-32-19-10-18-17(9-14(19)22)28(31)21(12(3)27(18)30)23-13-6-7-15-16(8-13)25-26(24-15)11-20(29)33-5-2/h6-10,23H,4-5,11H2,1-3H3. The molecule has 0 aliphatic rings. The van der Waals surface area contributed by atoms with Crippen LogP contribution in [0.15, 0.2) is 30.3 Å². The maximum Gasteiger partial charge on any atom is 0.352 e. The highest BCUT2D eigenvalue weighted by Crippen LogP contribution is 2.25. The van der Waals surface area contributed by atoms with Crippen molar-refractivity contribution < 1.29 is 28.1 Å². The second-order valence-corrected chi connectivity index (χ2v) is 7.09. The molecule has 2 aromatic carbocycles. The molecular weight excluding hydrogens is 435 g/mol. The number of hydrogen-bond acceptors (Lipinski definition) is 8. The third-order valence-electron chi connectivity index (χ3n) is 4.88. The first-order valence-electron chi connectivity index (χ1n) is 10.2. The second-order valence-electron chi connectivity index (χ2n) is 7.09. The number of carbonyl (C=O) groups excluding carboxylic acids is 1. The minimum absolute atomic E-state index is 0.0183. The lowest BCUT2D eigenvalue weighted by molar-refractivity contribution is -0.623. The Balaban J connectivity index is 1.70. The third kappa shape index (κ3) is 4.14. The SMILES string of the molecule is CCOC(=O)Cn1nc2ccc(Nc3c(C)[n+]([O-])c4cc(OCC)c(F)cc4[n+]3[O-])cc2n1. The van der Waals surface area contributed by atoms with E-state index in [1.54, 1.807) is 32.0 Å². The van der Waals surface area contributed by atoms with Crippen LogP contribution in [-0.2, 0) is 16.1 Å². The monoisotopic (exact) mass is 456 g/mol. The van der Waals surface area contributed by atoms with E-state index in [1.165, 1.54) is 17.8 Å². The van der Waals surface area contributed by atoms with Crippen LogP contribution >= 0.6 is 0 Å². The summed E-state index contributed by atoms with van der Waals surface area (Å²) in [4.78, 5) is 12.9. The fourth-order valence-corrected chi connectivity index (χ4v) is 3.38. The smallest absolute Gasteiger partial charge is 0.352 e. The van der Waals surface area contributed by atoms with E-state index in [0.717, 1.165) is 6.07 Å². The van der Waals surface area contributed by atoms with E-state index < -0.39 is 11.8 Å². The normalized spacial score (nSPS) is 11.2. The number of ether oxygens (including phenoxy) is 2. The highest BCUT2D eigenvalue weighted by molar-refractivity contribution is 5.80. The van der Waals surface area contributed by atoms with Gasteiger partial charge in [0.2, 0.25) is 5.52 Å². The quantitative estimate of drug-likeness (QED) is 0.254. The lowest BCUT2D eigenvalue weighted by Gasteiger charge is -2.15. The molecule has 33 heavy (non-hydrogen) atoms. The first-order chi connectivity index (χ1) is 15.8. The summed E-state index contributed by atoms with van der Waals surface area (Å²) in [6.45, 7) is 5.20. The van der Waals surface area contributed by atoms with Gasteiger partial charge in [0.15, 0.2) is 18.1 Å². The molecule has 0 bridgehead atoms. The van der Waals surface area contributed by atoms with Crippen molar-refractivity contribution in [3.8, 4) is 5.75 Å². The van der Waals surface area contributed by atoms with Crippen molar-refractivity contribution in [2.24, 2.45) is 0 Å². The number of halogens is 1. The van der Waals surface area contributed by atoms with Gasteiger partial charge in [0.1, 0.15) is 16.7 Å². The molecule has 11 nitrogen and oxygen atoms in total. The molecular formula is C21H21FN6O5. The largest absolute Gasteiger partial charge is 0.710 e. The van der Waals surface area contributed by atoms with Crippen LogP contribution < -0.4 is 19.5 Å². The molecule has 12 heteroatoms. The number of nitrogens with zero attached hydrogens (tertiary/aromatic N) is 5. The Labute approximate surface area is 187 Å². The summed E-state index contributed by atoms with van der Waals surface area (Å²) in [6.07, 6.45) is 0. The first kappa shape index (κ1) is 22.0. The van der Waals surface area contributed by atoms with E-state index in [4.69, 9.17) is 9.47 Å². The zero-order chi connectivity index (χ0) is 23.7. The molecule has 1 N–H and O–H groups in total. The number of esters is 1. The number of benzene rings is 2. The van der Waals surface area contributed by atoms with Crippen molar-refractivity contribution in [2.45, 2.75) is 27.3 Å². The number of hydrogen-bond donors (Lipinski definition) is 1. The minimum atomic E-state index is -0.747. The van der Waals surface area contributed by atoms with Crippen LogP contribution in [-0.4, -0.2) is 34.2 Å². The molecule has 2 aromatic heterocycles. The molecule has 0 radical (unpaired) electrons. The van der Waals surface area contributed by atoms with E-state index in [9.17, 15) is 19.6 Å². The second kappa shape index (κ2) is 8.73. The summed E-state index contributed by atoms with van der Waals surface area (Å²) < 4.78 is 25.4. The highest BCUT2D eigenvalue weighted by atomic mass is 19.1. The average molecular weight is 456 g/mol. The van der Waals surface area contributed by atoms with Crippen molar-refractivity contribution in [2.75, 3.05) is 18.5 Å². The summed E-state index contributed by atoms with van der Waals surface area (Å²) in [5.41, 5.74) is 1.35. The number of rotatable bonds is 7. The maximum atomic E-state index is 14.3. The fraction of sp³-hybridized carbons (Fsp3) is 0.286. The van der Waals surface area contributed by atoms with Crippen LogP contribution in [0.25, 0.3) is 22.1 Å². The molecule has 0 amide bonds. The molecule has 4 rings (SSSR count). The van der Waals surface area contributed by atoms with Crippen molar-refractivity contribution >= 4 is 39.5 Å². The molecule has 0 unspecified atom stereocenters. The Hall–Kier alpha value is -4.22. The first-order valence-corrected chi connectivity index (χ1v) is 10.2. The van der Waals surface area contributed by atoms with Gasteiger partial charge in [0.25, 0.3) is 11.2 Å². The summed E-state index contributed by atoms with van der Waals surface area (Å²) in [5.74, 6) is -1.39. The Morgan fingerprint density at radius 1 is 1.09 bits per heavy atom. The van der Waals surface area contributed by atoms with Crippen LogP contribution in [0.1, 0.15) is 19.5 Å². The van der Waals surface area contributed by atoms with Gasteiger partial charge < -0.3 is 19.9 Å². The summed E-state index contributed by atoms with van der Waals surface area (Å²) in [7, 11) is 0. The Morgan fingerprint density at radius 3 is 2.55 bits per heavy atom. The molecule has 0 saturated heterocycles. The predicted octanol–water partition coefficient (Wildman–Crippen LogP) is 2.00. The number of fused-ring (bicyclic) bond motifs is 2. The van der Waals surface area contributed by atoms with Gasteiger partial charge in [0.05, 0.1) is 19.3 Å². The summed E-state index contributed by atoms with van der Waals surface area (Å²) in [6, 6.07) is 7.08. The molecule has 2 heterocycles. The van der Waals surface area contributed by atoms with E-state index in [1.807, 2.05) is 0 Å². The van der Waals surface area contributed by atoms with Gasteiger partial charge in [-0.05, 0) is 26.0 Å². The molecule has 0 spiro atoms. The van der Waals surface area contributed by atoms with E-state index in [-0.39, 0.29) is 48.1 Å².